The topological polar surface area (TPSA) is 89.4 Å². The summed E-state index contributed by atoms with van der Waals surface area (Å²) >= 11 is 0. The number of aliphatic imine (C=N–C) groups is 1. The lowest BCUT2D eigenvalue weighted by Crippen LogP contribution is -2.37. The summed E-state index contributed by atoms with van der Waals surface area (Å²) in [5.74, 6) is 1.93. The molecule has 4 heterocycles. The third kappa shape index (κ3) is 4.55. The molecule has 2 aromatic heterocycles. The number of aryl methyl sites for hydroxylation is 2. The van der Waals surface area contributed by atoms with Crippen molar-refractivity contribution in [2.24, 2.45) is 19.1 Å². The second-order valence-electron chi connectivity index (χ2n) is 8.76. The molecule has 9 nitrogen and oxygen atoms in total. The first-order chi connectivity index (χ1) is 15.1. The Morgan fingerprint density at radius 2 is 1.68 bits per heavy atom. The van der Waals surface area contributed by atoms with Crippen LogP contribution in [0.5, 0.6) is 0 Å². The highest BCUT2D eigenvalue weighted by molar-refractivity contribution is 5.82. The lowest BCUT2D eigenvalue weighted by atomic mass is 10.1. The van der Waals surface area contributed by atoms with E-state index in [0.717, 1.165) is 63.6 Å². The van der Waals surface area contributed by atoms with Gasteiger partial charge in [-0.2, -0.15) is 4.98 Å². The van der Waals surface area contributed by atoms with Gasteiger partial charge in [-0.15, -0.1) is 0 Å². The Balaban J connectivity index is 1.58. The molecule has 1 saturated heterocycles. The number of aromatic nitrogens is 4. The van der Waals surface area contributed by atoms with Crippen molar-refractivity contribution in [1.29, 1.82) is 0 Å². The molecular weight excluding hydrogens is 394 g/mol. The van der Waals surface area contributed by atoms with Crippen LogP contribution in [0.4, 0.5) is 5.95 Å². The molecule has 2 aromatic rings. The zero-order valence-electron chi connectivity index (χ0n) is 18.9. The molecule has 1 N–H and O–H groups in total. The van der Waals surface area contributed by atoms with Gasteiger partial charge >= 0.3 is 5.69 Å². The van der Waals surface area contributed by atoms with Gasteiger partial charge in [0.1, 0.15) is 0 Å². The minimum atomic E-state index is -0.337. The summed E-state index contributed by atoms with van der Waals surface area (Å²) in [5.41, 5.74) is 0.391. The maximum atomic E-state index is 13.0. The molecule has 170 valence electrons. The van der Waals surface area contributed by atoms with E-state index >= 15 is 0 Å². The van der Waals surface area contributed by atoms with Gasteiger partial charge in [0.2, 0.25) is 5.95 Å². The number of anilines is 1. The maximum Gasteiger partial charge on any atom is 0.332 e. The molecule has 0 aliphatic carbocycles. The van der Waals surface area contributed by atoms with Gasteiger partial charge in [-0.25, -0.2) is 4.79 Å². The number of nitrogens with one attached hydrogen (secondary N) is 1. The van der Waals surface area contributed by atoms with Crippen LogP contribution in [0.2, 0.25) is 0 Å². The average molecular weight is 430 g/mol. The van der Waals surface area contributed by atoms with Crippen LogP contribution in [-0.2, 0) is 20.6 Å². The molecule has 0 spiro atoms. The summed E-state index contributed by atoms with van der Waals surface area (Å²) in [4.78, 5) is 37.2. The molecule has 0 atom stereocenters. The Kier molecular flexibility index (Phi) is 6.77. The standard InChI is InChI=1S/C22H35N7O2/c1-26-19-18(20(30)27(2)22(26)31)29(21(25-19)28-14-8-5-9-15-28)16-10-13-24-17-11-6-3-4-7-12-23-17/h3-16H2,1-2H3,(H,23,24). The molecule has 0 aromatic carbocycles. The van der Waals surface area contributed by atoms with Crippen molar-refractivity contribution in [3.8, 4) is 0 Å². The average Bonchev–Trinajstić information content (AvgIpc) is 3.15. The first-order valence-electron chi connectivity index (χ1n) is 11.8. The Morgan fingerprint density at radius 1 is 0.935 bits per heavy atom. The highest BCUT2D eigenvalue weighted by Gasteiger charge is 2.23. The van der Waals surface area contributed by atoms with Crippen LogP contribution < -0.4 is 21.5 Å². The van der Waals surface area contributed by atoms with E-state index in [-0.39, 0.29) is 11.2 Å². The molecule has 0 unspecified atom stereocenters. The van der Waals surface area contributed by atoms with E-state index in [1.165, 1.54) is 48.3 Å². The Hall–Kier alpha value is -2.58. The third-order valence-electron chi connectivity index (χ3n) is 6.48. The van der Waals surface area contributed by atoms with Crippen molar-refractivity contribution in [2.45, 2.75) is 64.3 Å². The summed E-state index contributed by atoms with van der Waals surface area (Å²) < 4.78 is 4.70. The summed E-state index contributed by atoms with van der Waals surface area (Å²) in [6.07, 6.45) is 10.3. The van der Waals surface area contributed by atoms with Gasteiger partial charge in [-0.05, 0) is 38.5 Å². The molecule has 4 rings (SSSR count). The van der Waals surface area contributed by atoms with Gasteiger partial charge in [0.05, 0.1) is 5.84 Å². The predicted octanol–water partition coefficient (Wildman–Crippen LogP) is 1.77. The summed E-state index contributed by atoms with van der Waals surface area (Å²) in [6.45, 7) is 4.27. The molecule has 2 aliphatic rings. The van der Waals surface area contributed by atoms with Gasteiger partial charge in [-0.1, -0.05) is 12.8 Å². The Morgan fingerprint density at radius 3 is 2.48 bits per heavy atom. The molecule has 31 heavy (non-hydrogen) atoms. The van der Waals surface area contributed by atoms with Crippen LogP contribution in [0.25, 0.3) is 11.2 Å². The van der Waals surface area contributed by atoms with Crippen molar-refractivity contribution >= 4 is 22.9 Å². The van der Waals surface area contributed by atoms with Crippen molar-refractivity contribution < 1.29 is 0 Å². The molecule has 0 saturated carbocycles. The van der Waals surface area contributed by atoms with E-state index in [4.69, 9.17) is 9.98 Å². The quantitative estimate of drug-likeness (QED) is 0.732. The fourth-order valence-electron chi connectivity index (χ4n) is 4.65. The molecule has 2 aliphatic heterocycles. The maximum absolute atomic E-state index is 13.0. The monoisotopic (exact) mass is 429 g/mol. The molecule has 1 fully saturated rings. The Bertz CT molecular complexity index is 1060. The van der Waals surface area contributed by atoms with Gasteiger partial charge in [0.25, 0.3) is 5.56 Å². The number of hydrogen-bond acceptors (Lipinski definition) is 6. The first-order valence-corrected chi connectivity index (χ1v) is 11.8. The highest BCUT2D eigenvalue weighted by atomic mass is 16.2. The van der Waals surface area contributed by atoms with Crippen LogP contribution in [0.15, 0.2) is 14.6 Å². The summed E-state index contributed by atoms with van der Waals surface area (Å²) in [6, 6.07) is 0. The van der Waals surface area contributed by atoms with E-state index in [2.05, 4.69) is 10.2 Å². The zero-order valence-corrected chi connectivity index (χ0v) is 18.9. The number of rotatable bonds is 5. The predicted molar refractivity (Wildman–Crippen MR) is 124 cm³/mol. The van der Waals surface area contributed by atoms with Crippen molar-refractivity contribution in [3.63, 3.8) is 0 Å². The van der Waals surface area contributed by atoms with E-state index in [0.29, 0.717) is 17.7 Å². The van der Waals surface area contributed by atoms with Gasteiger partial charge in [-0.3, -0.25) is 18.9 Å². The van der Waals surface area contributed by atoms with Crippen molar-refractivity contribution in [1.82, 2.24) is 24.0 Å². The lowest BCUT2D eigenvalue weighted by Gasteiger charge is -2.28. The van der Waals surface area contributed by atoms with E-state index in [1.54, 1.807) is 7.05 Å². The van der Waals surface area contributed by atoms with Gasteiger partial charge in [0.15, 0.2) is 11.2 Å². The SMILES string of the molecule is Cn1c(=O)c2c(nc(N3CCCCC3)n2CCCNC2=NCCCCCC2)n(C)c1=O. The van der Waals surface area contributed by atoms with Gasteiger partial charge < -0.3 is 14.8 Å². The van der Waals surface area contributed by atoms with E-state index in [9.17, 15) is 9.59 Å². The smallest absolute Gasteiger partial charge is 0.332 e. The summed E-state index contributed by atoms with van der Waals surface area (Å²) in [5, 5.41) is 3.51. The zero-order chi connectivity index (χ0) is 21.8. The number of fused-ring (bicyclic) bond motifs is 1. The fraction of sp³-hybridized carbons (Fsp3) is 0.727. The highest BCUT2D eigenvalue weighted by Crippen LogP contribution is 2.23. The minimum Gasteiger partial charge on any atom is -0.374 e. The number of nitrogens with zero attached hydrogens (tertiary/aromatic N) is 6. The number of imidazole rings is 1. The molecular formula is C22H35N7O2. The first kappa shape index (κ1) is 21.6. The number of amidine groups is 1. The second-order valence-corrected chi connectivity index (χ2v) is 8.76. The molecule has 0 radical (unpaired) electrons. The minimum absolute atomic E-state index is 0.272. The molecule has 9 heteroatoms. The van der Waals surface area contributed by atoms with Crippen molar-refractivity contribution in [3.05, 3.63) is 20.8 Å². The fourth-order valence-corrected chi connectivity index (χ4v) is 4.65. The van der Waals surface area contributed by atoms with Gasteiger partial charge in [0, 0.05) is 53.2 Å². The Labute approximate surface area is 182 Å². The van der Waals surface area contributed by atoms with Crippen LogP contribution >= 0.6 is 0 Å². The number of hydrogen-bond donors (Lipinski definition) is 1. The van der Waals surface area contributed by atoms with Crippen LogP contribution in [0, 0.1) is 0 Å². The normalized spacial score (nSPS) is 18.0. The van der Waals surface area contributed by atoms with E-state index in [1.807, 2.05) is 4.57 Å². The third-order valence-corrected chi connectivity index (χ3v) is 6.48. The van der Waals surface area contributed by atoms with E-state index < -0.39 is 0 Å². The largest absolute Gasteiger partial charge is 0.374 e. The van der Waals surface area contributed by atoms with Crippen LogP contribution in [0.1, 0.15) is 57.8 Å². The van der Waals surface area contributed by atoms with Crippen LogP contribution in [-0.4, -0.2) is 50.7 Å². The van der Waals surface area contributed by atoms with Crippen LogP contribution in [0.3, 0.4) is 0 Å². The lowest BCUT2D eigenvalue weighted by molar-refractivity contribution is 0.548. The van der Waals surface area contributed by atoms with Crippen molar-refractivity contribution in [2.75, 3.05) is 31.1 Å². The summed E-state index contributed by atoms with van der Waals surface area (Å²) in [7, 11) is 3.23. The second kappa shape index (κ2) is 9.70. The number of piperidine rings is 1. The molecule has 0 bridgehead atoms. The molecule has 0 amide bonds.